The highest BCUT2D eigenvalue weighted by molar-refractivity contribution is 8.14. The molecule has 0 amide bonds. The van der Waals surface area contributed by atoms with Gasteiger partial charge in [0, 0.05) is 13.5 Å². The van der Waals surface area contributed by atoms with Crippen molar-refractivity contribution in [2.45, 2.75) is 19.1 Å². The Kier molecular flexibility index (Phi) is 13.8. The van der Waals surface area contributed by atoms with Crippen molar-refractivity contribution in [1.29, 1.82) is 0 Å². The Labute approximate surface area is 99.2 Å². The van der Waals surface area contributed by atoms with Crippen LogP contribution >= 0.6 is 11.8 Å². The van der Waals surface area contributed by atoms with Crippen molar-refractivity contribution in [3.05, 3.63) is 0 Å². The molecule has 0 saturated carbocycles. The van der Waals surface area contributed by atoms with Gasteiger partial charge < -0.3 is 20.7 Å². The lowest BCUT2D eigenvalue weighted by molar-refractivity contribution is -0.136. The van der Waals surface area contributed by atoms with Crippen molar-refractivity contribution in [1.82, 2.24) is 0 Å². The second-order valence-corrected chi connectivity index (χ2v) is 4.23. The Bertz CT molecular complexity index is 196. The summed E-state index contributed by atoms with van der Waals surface area (Å²) in [5, 5.41) is 15.6. The number of ether oxygens (including phenoxy) is 1. The lowest BCUT2D eigenvalue weighted by Gasteiger charge is -1.99. The molecule has 1 atom stereocenters. The Balaban J connectivity index is 0. The number of carbonyl (C=O) groups is 2. The van der Waals surface area contributed by atoms with Crippen molar-refractivity contribution in [2.24, 2.45) is 5.73 Å². The molecular formula is C9H19NO5S. The zero-order valence-electron chi connectivity index (χ0n) is 9.51. The molecule has 0 heterocycles. The van der Waals surface area contributed by atoms with Gasteiger partial charge in [0.1, 0.15) is 5.25 Å². The Hall–Kier alpha value is -0.630. The highest BCUT2D eigenvalue weighted by atomic mass is 32.2. The molecule has 0 rings (SSSR count). The monoisotopic (exact) mass is 253 g/mol. The van der Waals surface area contributed by atoms with Gasteiger partial charge >= 0.3 is 5.97 Å². The zero-order valence-corrected chi connectivity index (χ0v) is 10.3. The minimum absolute atomic E-state index is 0.0833. The number of hydrogen-bond acceptors (Lipinski definition) is 6. The molecule has 0 saturated heterocycles. The standard InChI is InChI=1S/C5H8O3S.C4H11NO2/c1-3(5(7)8)9-4(2)6;5-1-3-7-4-2-6/h3H,1-2H3,(H,7,8);6H,1-5H2. The lowest BCUT2D eigenvalue weighted by Crippen LogP contribution is -2.12. The van der Waals surface area contributed by atoms with Gasteiger partial charge in [-0.1, -0.05) is 11.8 Å². The van der Waals surface area contributed by atoms with Crippen molar-refractivity contribution in [2.75, 3.05) is 26.4 Å². The van der Waals surface area contributed by atoms with Crippen molar-refractivity contribution >= 4 is 22.8 Å². The van der Waals surface area contributed by atoms with Crippen LogP contribution in [-0.4, -0.2) is 52.9 Å². The number of carboxylic acid groups (broad SMARTS) is 1. The predicted octanol–water partition coefficient (Wildman–Crippen LogP) is -0.307. The number of thioether (sulfide) groups is 1. The van der Waals surface area contributed by atoms with E-state index in [1.54, 1.807) is 0 Å². The number of rotatable bonds is 6. The van der Waals surface area contributed by atoms with Crippen molar-refractivity contribution in [3.63, 3.8) is 0 Å². The first-order chi connectivity index (χ1) is 7.45. The Morgan fingerprint density at radius 3 is 2.25 bits per heavy atom. The number of nitrogens with two attached hydrogens (primary N) is 1. The fourth-order valence-electron chi connectivity index (χ4n) is 0.549. The van der Waals surface area contributed by atoms with Gasteiger partial charge in [0.05, 0.1) is 19.8 Å². The summed E-state index contributed by atoms with van der Waals surface area (Å²) in [4.78, 5) is 20.3. The van der Waals surface area contributed by atoms with Crippen LogP contribution in [0.15, 0.2) is 0 Å². The van der Waals surface area contributed by atoms with Crippen LogP contribution in [0.5, 0.6) is 0 Å². The van der Waals surface area contributed by atoms with Gasteiger partial charge in [0.15, 0.2) is 5.12 Å². The maximum atomic E-state index is 10.3. The molecule has 0 aromatic carbocycles. The molecule has 0 radical (unpaired) electrons. The van der Waals surface area contributed by atoms with E-state index in [2.05, 4.69) is 0 Å². The maximum Gasteiger partial charge on any atom is 0.316 e. The van der Waals surface area contributed by atoms with E-state index in [1.807, 2.05) is 0 Å². The van der Waals surface area contributed by atoms with E-state index >= 15 is 0 Å². The first-order valence-corrected chi connectivity index (χ1v) is 5.62. The summed E-state index contributed by atoms with van der Waals surface area (Å²) in [5.41, 5.74) is 5.06. The van der Waals surface area contributed by atoms with Crippen LogP contribution in [0.3, 0.4) is 0 Å². The summed E-state index contributed by atoms with van der Waals surface area (Å²) in [6, 6.07) is 0. The van der Waals surface area contributed by atoms with Crippen LogP contribution in [0.4, 0.5) is 0 Å². The Morgan fingerprint density at radius 2 is 2.00 bits per heavy atom. The molecule has 1 unspecified atom stereocenters. The normalized spacial score (nSPS) is 11.2. The minimum atomic E-state index is -0.949. The maximum absolute atomic E-state index is 10.3. The van der Waals surface area contributed by atoms with E-state index in [-0.39, 0.29) is 11.7 Å². The van der Waals surface area contributed by atoms with Gasteiger partial charge in [-0.15, -0.1) is 0 Å². The van der Waals surface area contributed by atoms with Gasteiger partial charge in [0.2, 0.25) is 0 Å². The fourth-order valence-corrected chi connectivity index (χ4v) is 1.15. The number of carboxylic acids is 1. The summed E-state index contributed by atoms with van der Waals surface area (Å²) in [6.07, 6.45) is 0. The second-order valence-electron chi connectivity index (χ2n) is 2.71. The number of aliphatic hydroxyl groups is 1. The molecule has 4 N–H and O–H groups in total. The summed E-state index contributed by atoms with van der Waals surface area (Å²) in [7, 11) is 0. The van der Waals surface area contributed by atoms with Crippen LogP contribution in [0.2, 0.25) is 0 Å². The lowest BCUT2D eigenvalue weighted by atomic mass is 10.5. The summed E-state index contributed by atoms with van der Waals surface area (Å²) >= 11 is 0.824. The first-order valence-electron chi connectivity index (χ1n) is 4.74. The zero-order chi connectivity index (χ0) is 13.0. The van der Waals surface area contributed by atoms with Gasteiger partial charge in [-0.25, -0.2) is 0 Å². The molecule has 7 heteroatoms. The highest BCUT2D eigenvalue weighted by Crippen LogP contribution is 2.10. The highest BCUT2D eigenvalue weighted by Gasteiger charge is 2.12. The third-order valence-electron chi connectivity index (χ3n) is 1.19. The van der Waals surface area contributed by atoms with Crippen molar-refractivity contribution in [3.8, 4) is 0 Å². The fraction of sp³-hybridized carbons (Fsp3) is 0.778. The third kappa shape index (κ3) is 15.8. The molecule has 96 valence electrons. The summed E-state index contributed by atoms with van der Waals surface area (Å²) in [6.45, 7) is 4.39. The second kappa shape index (κ2) is 12.4. The molecule has 0 aliphatic rings. The van der Waals surface area contributed by atoms with E-state index in [4.69, 9.17) is 20.7 Å². The molecule has 0 spiro atoms. The number of aliphatic hydroxyl groups excluding tert-OH is 1. The molecule has 6 nitrogen and oxygen atoms in total. The summed E-state index contributed by atoms with van der Waals surface area (Å²) < 4.78 is 4.76. The van der Waals surface area contributed by atoms with E-state index in [9.17, 15) is 9.59 Å². The van der Waals surface area contributed by atoms with Crippen LogP contribution in [-0.2, 0) is 14.3 Å². The average molecular weight is 253 g/mol. The smallest absolute Gasteiger partial charge is 0.316 e. The van der Waals surface area contributed by atoms with Crippen LogP contribution in [0, 0.1) is 0 Å². The molecule has 0 aliphatic heterocycles. The van der Waals surface area contributed by atoms with Gasteiger partial charge in [-0.05, 0) is 6.92 Å². The predicted molar refractivity (Wildman–Crippen MR) is 62.3 cm³/mol. The quantitative estimate of drug-likeness (QED) is 0.557. The largest absolute Gasteiger partial charge is 0.480 e. The number of aliphatic carboxylic acids is 1. The Morgan fingerprint density at radius 1 is 1.44 bits per heavy atom. The van der Waals surface area contributed by atoms with Crippen LogP contribution in [0.25, 0.3) is 0 Å². The molecule has 0 aromatic heterocycles. The van der Waals surface area contributed by atoms with Gasteiger partial charge in [0.25, 0.3) is 0 Å². The molecule has 16 heavy (non-hydrogen) atoms. The molecule has 0 aliphatic carbocycles. The third-order valence-corrected chi connectivity index (χ3v) is 2.08. The number of carbonyl (C=O) groups excluding carboxylic acids is 1. The average Bonchev–Trinajstić information content (AvgIpc) is 2.18. The topological polar surface area (TPSA) is 110 Å². The van der Waals surface area contributed by atoms with E-state index in [1.165, 1.54) is 13.8 Å². The van der Waals surface area contributed by atoms with Crippen LogP contribution < -0.4 is 5.73 Å². The van der Waals surface area contributed by atoms with Gasteiger partial charge in [-0.2, -0.15) is 0 Å². The molecule has 0 fully saturated rings. The SMILES string of the molecule is CC(=O)SC(C)C(=O)O.NCCOCCO. The number of hydrogen-bond donors (Lipinski definition) is 3. The molecular weight excluding hydrogens is 234 g/mol. The molecule has 0 bridgehead atoms. The van der Waals surface area contributed by atoms with E-state index in [0.717, 1.165) is 11.8 Å². The first kappa shape index (κ1) is 17.8. The van der Waals surface area contributed by atoms with Crippen molar-refractivity contribution < 1.29 is 24.5 Å². The summed E-state index contributed by atoms with van der Waals surface area (Å²) in [5.74, 6) is -0.949. The van der Waals surface area contributed by atoms with E-state index in [0.29, 0.717) is 19.8 Å². The van der Waals surface area contributed by atoms with E-state index < -0.39 is 11.2 Å². The minimum Gasteiger partial charge on any atom is -0.480 e. The van der Waals surface area contributed by atoms with Crippen LogP contribution in [0.1, 0.15) is 13.8 Å². The molecule has 0 aromatic rings. The van der Waals surface area contributed by atoms with Gasteiger partial charge in [-0.3, -0.25) is 9.59 Å².